The summed E-state index contributed by atoms with van der Waals surface area (Å²) in [5.74, 6) is -0.223. The number of hydrogen-bond donors (Lipinski definition) is 4. The third-order valence-corrected chi connectivity index (χ3v) is 3.21. The molecule has 5 N–H and O–H groups in total. The van der Waals surface area contributed by atoms with Gasteiger partial charge in [-0.2, -0.15) is 0 Å². The van der Waals surface area contributed by atoms with Crippen LogP contribution in [0.3, 0.4) is 0 Å². The van der Waals surface area contributed by atoms with Crippen molar-refractivity contribution in [3.63, 3.8) is 0 Å². The summed E-state index contributed by atoms with van der Waals surface area (Å²) in [4.78, 5) is 32.8. The van der Waals surface area contributed by atoms with Crippen molar-refractivity contribution >= 4 is 23.8 Å². The van der Waals surface area contributed by atoms with Gasteiger partial charge in [0.25, 0.3) is 0 Å². The average molecular weight is 340 g/mol. The van der Waals surface area contributed by atoms with Gasteiger partial charge in [0.1, 0.15) is 6.61 Å². The number of amides is 3. The van der Waals surface area contributed by atoms with E-state index in [1.807, 2.05) is 0 Å². The van der Waals surface area contributed by atoms with E-state index in [0.717, 1.165) is 0 Å². The highest BCUT2D eigenvalue weighted by Crippen LogP contribution is 2.12. The number of ether oxygens (including phenoxy) is 1. The van der Waals surface area contributed by atoms with E-state index in [9.17, 15) is 18.8 Å². The zero-order chi connectivity index (χ0) is 17.9. The van der Waals surface area contributed by atoms with Crippen molar-refractivity contribution in [3.8, 4) is 0 Å². The van der Waals surface area contributed by atoms with Crippen molar-refractivity contribution in [3.05, 3.63) is 29.8 Å². The lowest BCUT2D eigenvalue weighted by atomic mass is 10.1. The Balaban J connectivity index is 2.46. The molecule has 8 nitrogen and oxygen atoms in total. The number of urea groups is 1. The molecule has 9 heteroatoms. The summed E-state index contributed by atoms with van der Waals surface area (Å²) in [6.45, 7) is 0.221. The van der Waals surface area contributed by atoms with Crippen LogP contribution in [0.15, 0.2) is 24.3 Å². The number of hydrogen-bond acceptors (Lipinski definition) is 5. The van der Waals surface area contributed by atoms with E-state index < -0.39 is 18.3 Å². The number of carbonyl (C=O) groups is 3. The zero-order valence-electron chi connectivity index (χ0n) is 13.3. The maximum Gasteiger partial charge on any atom is 0.495 e. The molecular weight excluding hydrogens is 319 g/mol. The summed E-state index contributed by atoms with van der Waals surface area (Å²) < 4.78 is 16.2. The second-order valence-corrected chi connectivity index (χ2v) is 4.99. The second-order valence-electron chi connectivity index (χ2n) is 4.99. The molecule has 0 bridgehead atoms. The number of nitrogens with two attached hydrogens (primary N) is 1. The highest BCUT2D eigenvalue weighted by atomic mass is 19.1. The standard InChI is InChI=1S/C15H21FN4O4/c1-18-12(3-2-8-19-15(17)23)13(21)20-11-6-4-10(5-7-11)9-24-14(16)22/h4-7,12,18H,2-3,8-9H2,1H3,(H,20,21)(H3,17,19,23). The molecule has 1 unspecified atom stereocenters. The molecule has 3 amide bonds. The molecule has 1 aromatic carbocycles. The normalized spacial score (nSPS) is 11.4. The van der Waals surface area contributed by atoms with E-state index in [4.69, 9.17) is 5.73 Å². The van der Waals surface area contributed by atoms with Gasteiger partial charge in [0.2, 0.25) is 5.91 Å². The van der Waals surface area contributed by atoms with Crippen LogP contribution in [0.5, 0.6) is 0 Å². The van der Waals surface area contributed by atoms with Crippen LogP contribution in [0.2, 0.25) is 0 Å². The number of anilines is 1. The molecule has 1 atom stereocenters. The summed E-state index contributed by atoms with van der Waals surface area (Å²) in [5, 5.41) is 8.10. The minimum atomic E-state index is -1.84. The Morgan fingerprint density at radius 1 is 1.25 bits per heavy atom. The first kappa shape index (κ1) is 19.4. The first-order chi connectivity index (χ1) is 11.4. The molecule has 1 rings (SSSR count). The largest absolute Gasteiger partial charge is 0.495 e. The average Bonchev–Trinajstić information content (AvgIpc) is 2.53. The van der Waals surface area contributed by atoms with Crippen molar-refractivity contribution in [2.75, 3.05) is 18.9 Å². The van der Waals surface area contributed by atoms with Gasteiger partial charge in [0.15, 0.2) is 0 Å². The second kappa shape index (κ2) is 10.2. The number of likely N-dealkylation sites (N-methyl/N-ethyl adjacent to an activating group) is 1. The van der Waals surface area contributed by atoms with Gasteiger partial charge in [-0.3, -0.25) is 4.79 Å². The minimum Gasteiger partial charge on any atom is -0.435 e. The minimum absolute atomic E-state index is 0.171. The molecule has 0 fully saturated rings. The predicted molar refractivity (Wildman–Crippen MR) is 86.0 cm³/mol. The van der Waals surface area contributed by atoms with Crippen molar-refractivity contribution < 1.29 is 23.5 Å². The van der Waals surface area contributed by atoms with Gasteiger partial charge in [-0.15, -0.1) is 4.39 Å². The molecular formula is C15H21FN4O4. The Hall–Kier alpha value is -2.68. The van der Waals surface area contributed by atoms with Gasteiger partial charge >= 0.3 is 12.3 Å². The molecule has 0 aromatic heterocycles. The van der Waals surface area contributed by atoms with Crippen LogP contribution in [0.1, 0.15) is 18.4 Å². The summed E-state index contributed by atoms with van der Waals surface area (Å²) >= 11 is 0. The first-order valence-corrected chi connectivity index (χ1v) is 7.35. The number of rotatable bonds is 9. The molecule has 0 saturated heterocycles. The van der Waals surface area contributed by atoms with Gasteiger partial charge < -0.3 is 26.4 Å². The van der Waals surface area contributed by atoms with Crippen molar-refractivity contribution in [2.45, 2.75) is 25.5 Å². The van der Waals surface area contributed by atoms with Crippen molar-refractivity contribution in [1.29, 1.82) is 0 Å². The van der Waals surface area contributed by atoms with Gasteiger partial charge in [-0.05, 0) is 37.6 Å². The molecule has 0 aliphatic carbocycles. The maximum atomic E-state index is 12.2. The van der Waals surface area contributed by atoms with E-state index in [0.29, 0.717) is 30.6 Å². The van der Waals surface area contributed by atoms with Crippen LogP contribution < -0.4 is 21.7 Å². The summed E-state index contributed by atoms with van der Waals surface area (Å²) in [6, 6.07) is 5.46. The van der Waals surface area contributed by atoms with Gasteiger partial charge in [-0.1, -0.05) is 12.1 Å². The Kier molecular flexibility index (Phi) is 8.20. The van der Waals surface area contributed by atoms with Gasteiger partial charge in [-0.25, -0.2) is 9.59 Å². The van der Waals surface area contributed by atoms with E-state index >= 15 is 0 Å². The topological polar surface area (TPSA) is 123 Å². The molecule has 24 heavy (non-hydrogen) atoms. The van der Waals surface area contributed by atoms with E-state index in [-0.39, 0.29) is 12.5 Å². The van der Waals surface area contributed by atoms with E-state index in [2.05, 4.69) is 20.7 Å². The number of benzene rings is 1. The SMILES string of the molecule is CNC(CCCNC(N)=O)C(=O)Nc1ccc(COC(=O)F)cc1. The highest BCUT2D eigenvalue weighted by molar-refractivity contribution is 5.94. The van der Waals surface area contributed by atoms with Crippen LogP contribution in [-0.2, 0) is 16.1 Å². The highest BCUT2D eigenvalue weighted by Gasteiger charge is 2.16. The first-order valence-electron chi connectivity index (χ1n) is 7.35. The lowest BCUT2D eigenvalue weighted by Crippen LogP contribution is -2.39. The summed E-state index contributed by atoms with van der Waals surface area (Å²) in [6.07, 6.45) is -0.724. The molecule has 0 heterocycles. The van der Waals surface area contributed by atoms with Crippen LogP contribution in [0, 0.1) is 0 Å². The Labute approximate surface area is 138 Å². The van der Waals surface area contributed by atoms with Crippen LogP contribution >= 0.6 is 0 Å². The quantitative estimate of drug-likeness (QED) is 0.398. The molecule has 0 spiro atoms. The Morgan fingerprint density at radius 2 is 1.92 bits per heavy atom. The van der Waals surface area contributed by atoms with Crippen LogP contribution in [-0.4, -0.2) is 37.8 Å². The number of nitrogens with one attached hydrogen (secondary N) is 3. The fourth-order valence-electron chi connectivity index (χ4n) is 1.98. The summed E-state index contributed by atoms with van der Waals surface area (Å²) in [7, 11) is 1.67. The lowest BCUT2D eigenvalue weighted by molar-refractivity contribution is -0.118. The molecule has 0 saturated carbocycles. The predicted octanol–water partition coefficient (Wildman–Crippen LogP) is 1.27. The third-order valence-electron chi connectivity index (χ3n) is 3.21. The maximum absolute atomic E-state index is 12.2. The molecule has 0 aliphatic heterocycles. The Morgan fingerprint density at radius 3 is 2.46 bits per heavy atom. The molecule has 1 aromatic rings. The molecule has 0 aliphatic rings. The molecule has 0 radical (unpaired) electrons. The number of carbonyl (C=O) groups excluding carboxylic acids is 3. The van der Waals surface area contributed by atoms with Crippen LogP contribution in [0.25, 0.3) is 0 Å². The zero-order valence-corrected chi connectivity index (χ0v) is 13.3. The van der Waals surface area contributed by atoms with E-state index in [1.54, 1.807) is 31.3 Å². The van der Waals surface area contributed by atoms with Gasteiger partial charge in [0.05, 0.1) is 6.04 Å². The Bertz CT molecular complexity index is 565. The fourth-order valence-corrected chi connectivity index (χ4v) is 1.98. The van der Waals surface area contributed by atoms with Crippen LogP contribution in [0.4, 0.5) is 19.7 Å². The van der Waals surface area contributed by atoms with Crippen molar-refractivity contribution in [1.82, 2.24) is 10.6 Å². The number of primary amides is 1. The third kappa shape index (κ3) is 7.54. The smallest absolute Gasteiger partial charge is 0.435 e. The number of halogens is 1. The molecule has 132 valence electrons. The monoisotopic (exact) mass is 340 g/mol. The lowest BCUT2D eigenvalue weighted by Gasteiger charge is -2.16. The van der Waals surface area contributed by atoms with Gasteiger partial charge in [0, 0.05) is 12.2 Å². The van der Waals surface area contributed by atoms with Crippen molar-refractivity contribution in [2.24, 2.45) is 5.73 Å². The fraction of sp³-hybridized carbons (Fsp3) is 0.400. The summed E-state index contributed by atoms with van der Waals surface area (Å²) in [5.41, 5.74) is 6.12. The van der Waals surface area contributed by atoms with E-state index in [1.165, 1.54) is 0 Å².